The third-order valence-corrected chi connectivity index (χ3v) is 6.43. The molecular weight excluding hydrogens is 292 g/mol. The maximum Gasteiger partial charge on any atom is 0.244 e. The number of sulfonamides is 1. The first-order valence-electron chi connectivity index (χ1n) is 7.26. The minimum absolute atomic E-state index is 0.519. The van der Waals surface area contributed by atoms with Crippen LogP contribution < -0.4 is 5.32 Å². The fourth-order valence-corrected chi connectivity index (χ4v) is 5.53. The highest BCUT2D eigenvalue weighted by Crippen LogP contribution is 2.29. The van der Waals surface area contributed by atoms with Gasteiger partial charge in [-0.05, 0) is 37.3 Å². The van der Waals surface area contributed by atoms with Crippen molar-refractivity contribution in [1.82, 2.24) is 9.62 Å². The smallest absolute Gasteiger partial charge is 0.244 e. The van der Waals surface area contributed by atoms with Crippen LogP contribution in [0.3, 0.4) is 0 Å². The molecule has 1 aromatic rings. The Hall–Kier alpha value is -0.430. The molecule has 0 saturated heterocycles. The van der Waals surface area contributed by atoms with Crippen molar-refractivity contribution in [3.63, 3.8) is 0 Å². The molecule has 0 radical (unpaired) electrons. The van der Waals surface area contributed by atoms with E-state index in [4.69, 9.17) is 0 Å². The average Bonchev–Trinajstić information content (AvgIpc) is 2.78. The van der Waals surface area contributed by atoms with E-state index in [0.29, 0.717) is 24.5 Å². The van der Waals surface area contributed by atoms with Gasteiger partial charge in [0.2, 0.25) is 10.0 Å². The van der Waals surface area contributed by atoms with Crippen LogP contribution in [-0.2, 0) is 16.6 Å². The van der Waals surface area contributed by atoms with E-state index < -0.39 is 10.0 Å². The van der Waals surface area contributed by atoms with Crippen LogP contribution in [0.4, 0.5) is 0 Å². The van der Waals surface area contributed by atoms with E-state index in [2.05, 4.69) is 5.32 Å². The molecule has 0 aromatic carbocycles. The predicted octanol–water partition coefficient (Wildman–Crippen LogP) is 2.98. The summed E-state index contributed by atoms with van der Waals surface area (Å²) in [5.74, 6) is 0. The summed E-state index contributed by atoms with van der Waals surface area (Å²) in [6.45, 7) is 10.6. The maximum atomic E-state index is 12.9. The van der Waals surface area contributed by atoms with E-state index in [0.717, 1.165) is 29.8 Å². The standard InChI is InChI=1S/C14H26N2O2S2/c1-5-8-16(9-6-2)20(17,18)14-12(4)11-19-13(14)10-15-7-3/h11,15H,5-10H2,1-4H3. The monoisotopic (exact) mass is 318 g/mol. The Morgan fingerprint density at radius 1 is 1.20 bits per heavy atom. The van der Waals surface area contributed by atoms with E-state index in [1.807, 2.05) is 33.1 Å². The van der Waals surface area contributed by atoms with E-state index in [9.17, 15) is 8.42 Å². The minimum atomic E-state index is -3.37. The summed E-state index contributed by atoms with van der Waals surface area (Å²) in [6.07, 6.45) is 1.68. The van der Waals surface area contributed by atoms with Crippen molar-refractivity contribution in [2.24, 2.45) is 0 Å². The molecule has 4 nitrogen and oxygen atoms in total. The summed E-state index contributed by atoms with van der Waals surface area (Å²) in [7, 11) is -3.37. The number of aryl methyl sites for hydroxylation is 1. The zero-order chi connectivity index (χ0) is 15.2. The Bertz CT molecular complexity index is 503. The van der Waals surface area contributed by atoms with Crippen molar-refractivity contribution in [2.45, 2.75) is 52.0 Å². The molecule has 1 N–H and O–H groups in total. The Labute approximate surface area is 127 Å². The zero-order valence-electron chi connectivity index (χ0n) is 12.9. The van der Waals surface area contributed by atoms with Gasteiger partial charge in [-0.3, -0.25) is 0 Å². The van der Waals surface area contributed by atoms with Crippen molar-refractivity contribution in [2.75, 3.05) is 19.6 Å². The summed E-state index contributed by atoms with van der Waals surface area (Å²) in [5, 5.41) is 5.16. The molecule has 20 heavy (non-hydrogen) atoms. The molecule has 1 rings (SSSR count). The highest BCUT2D eigenvalue weighted by atomic mass is 32.2. The van der Waals surface area contributed by atoms with Crippen LogP contribution in [0.5, 0.6) is 0 Å². The molecule has 0 aliphatic rings. The van der Waals surface area contributed by atoms with Crippen molar-refractivity contribution in [1.29, 1.82) is 0 Å². The molecule has 0 aliphatic heterocycles. The van der Waals surface area contributed by atoms with Gasteiger partial charge in [0, 0.05) is 24.5 Å². The summed E-state index contributed by atoms with van der Waals surface area (Å²) < 4.78 is 27.4. The molecule has 116 valence electrons. The summed E-state index contributed by atoms with van der Waals surface area (Å²) in [5.41, 5.74) is 0.861. The Morgan fingerprint density at radius 2 is 1.80 bits per heavy atom. The number of thiophene rings is 1. The molecule has 0 fully saturated rings. The third kappa shape index (κ3) is 4.04. The zero-order valence-corrected chi connectivity index (χ0v) is 14.5. The SMILES string of the molecule is CCCN(CCC)S(=O)(=O)c1c(C)csc1CNCC. The summed E-state index contributed by atoms with van der Waals surface area (Å²) >= 11 is 1.53. The number of hydrogen-bond donors (Lipinski definition) is 1. The largest absolute Gasteiger partial charge is 0.312 e. The fourth-order valence-electron chi connectivity index (χ4n) is 2.17. The minimum Gasteiger partial charge on any atom is -0.312 e. The molecular formula is C14H26N2O2S2. The first-order chi connectivity index (χ1) is 9.48. The van der Waals surface area contributed by atoms with Gasteiger partial charge in [0.25, 0.3) is 0 Å². The molecule has 1 aromatic heterocycles. The van der Waals surface area contributed by atoms with Gasteiger partial charge >= 0.3 is 0 Å². The van der Waals surface area contributed by atoms with Gasteiger partial charge < -0.3 is 5.32 Å². The van der Waals surface area contributed by atoms with Crippen LogP contribution in [0.25, 0.3) is 0 Å². The molecule has 0 amide bonds. The van der Waals surface area contributed by atoms with Crippen molar-refractivity contribution in [3.05, 3.63) is 15.8 Å². The van der Waals surface area contributed by atoms with Crippen molar-refractivity contribution >= 4 is 21.4 Å². The maximum absolute atomic E-state index is 12.9. The second kappa shape index (κ2) is 8.12. The molecule has 0 atom stereocenters. The Balaban J connectivity index is 3.15. The first kappa shape index (κ1) is 17.6. The quantitative estimate of drug-likeness (QED) is 0.761. The molecule has 0 saturated carbocycles. The number of nitrogens with zero attached hydrogens (tertiary/aromatic N) is 1. The van der Waals surface area contributed by atoms with E-state index in [1.165, 1.54) is 11.3 Å². The van der Waals surface area contributed by atoms with Gasteiger partial charge in [0.15, 0.2) is 0 Å². The third-order valence-electron chi connectivity index (χ3n) is 3.07. The van der Waals surface area contributed by atoms with Crippen molar-refractivity contribution in [3.8, 4) is 0 Å². The van der Waals surface area contributed by atoms with Crippen LogP contribution >= 0.6 is 11.3 Å². The lowest BCUT2D eigenvalue weighted by atomic mass is 10.3. The van der Waals surface area contributed by atoms with Gasteiger partial charge in [0.05, 0.1) is 0 Å². The summed E-state index contributed by atoms with van der Waals surface area (Å²) in [4.78, 5) is 1.44. The van der Waals surface area contributed by atoms with Crippen LogP contribution in [0.2, 0.25) is 0 Å². The van der Waals surface area contributed by atoms with Crippen LogP contribution in [-0.4, -0.2) is 32.4 Å². The normalized spacial score (nSPS) is 12.2. The van der Waals surface area contributed by atoms with E-state index >= 15 is 0 Å². The molecule has 1 heterocycles. The van der Waals surface area contributed by atoms with Crippen LogP contribution in [0.1, 0.15) is 44.1 Å². The second-order valence-corrected chi connectivity index (χ2v) is 7.69. The molecule has 0 unspecified atom stereocenters. The number of rotatable bonds is 9. The van der Waals surface area contributed by atoms with Gasteiger partial charge in [-0.25, -0.2) is 8.42 Å². The average molecular weight is 319 g/mol. The molecule has 6 heteroatoms. The summed E-state index contributed by atoms with van der Waals surface area (Å²) in [6, 6.07) is 0. The Morgan fingerprint density at radius 3 is 2.30 bits per heavy atom. The fraction of sp³-hybridized carbons (Fsp3) is 0.714. The lowest BCUT2D eigenvalue weighted by Gasteiger charge is -2.22. The number of hydrogen-bond acceptors (Lipinski definition) is 4. The molecule has 0 spiro atoms. The first-order valence-corrected chi connectivity index (χ1v) is 9.58. The van der Waals surface area contributed by atoms with E-state index in [1.54, 1.807) is 4.31 Å². The van der Waals surface area contributed by atoms with E-state index in [-0.39, 0.29) is 0 Å². The highest BCUT2D eigenvalue weighted by molar-refractivity contribution is 7.89. The van der Waals surface area contributed by atoms with Gasteiger partial charge in [0.1, 0.15) is 4.90 Å². The Kier molecular flexibility index (Phi) is 7.15. The topological polar surface area (TPSA) is 49.4 Å². The van der Waals surface area contributed by atoms with Gasteiger partial charge in [-0.15, -0.1) is 11.3 Å². The second-order valence-electron chi connectivity index (χ2n) is 4.86. The van der Waals surface area contributed by atoms with Crippen LogP contribution in [0.15, 0.2) is 10.3 Å². The predicted molar refractivity (Wildman–Crippen MR) is 85.8 cm³/mol. The highest BCUT2D eigenvalue weighted by Gasteiger charge is 2.28. The lowest BCUT2D eigenvalue weighted by molar-refractivity contribution is 0.409. The van der Waals surface area contributed by atoms with Crippen LogP contribution in [0, 0.1) is 6.92 Å². The number of nitrogens with one attached hydrogen (secondary N) is 1. The molecule has 0 bridgehead atoms. The lowest BCUT2D eigenvalue weighted by Crippen LogP contribution is -2.33. The molecule has 0 aliphatic carbocycles. The van der Waals surface area contributed by atoms with Gasteiger partial charge in [-0.2, -0.15) is 4.31 Å². The van der Waals surface area contributed by atoms with Gasteiger partial charge in [-0.1, -0.05) is 20.8 Å². The van der Waals surface area contributed by atoms with Crippen molar-refractivity contribution < 1.29 is 8.42 Å².